The van der Waals surface area contributed by atoms with E-state index in [9.17, 15) is 0 Å². The Morgan fingerprint density at radius 2 is 1.60 bits per heavy atom. The van der Waals surface area contributed by atoms with Crippen molar-refractivity contribution in [1.29, 1.82) is 0 Å². The zero-order chi connectivity index (χ0) is 4.12. The maximum absolute atomic E-state index is 3.36. The summed E-state index contributed by atoms with van der Waals surface area (Å²) in [6.07, 6.45) is 0. The van der Waals surface area contributed by atoms with E-state index in [4.69, 9.17) is 0 Å². The van der Waals surface area contributed by atoms with Gasteiger partial charge in [0, 0.05) is 0 Å². The average molecular weight is 153 g/mol. The molecule has 0 fully saturated rings. The van der Waals surface area contributed by atoms with Gasteiger partial charge in [-0.25, -0.2) is 0 Å². The Hall–Kier alpha value is -0.0766. The molecule has 0 aromatic heterocycles. The fourth-order valence-electron chi connectivity index (χ4n) is 0.0442. The molecular formula is C4H4Ru. The van der Waals surface area contributed by atoms with Gasteiger partial charge in [0.25, 0.3) is 0 Å². The average Bonchev–Trinajstić information content (AvgIpc) is 1.41. The van der Waals surface area contributed by atoms with E-state index in [1.165, 1.54) is 0 Å². The van der Waals surface area contributed by atoms with Crippen molar-refractivity contribution in [1.82, 2.24) is 0 Å². The first-order valence-electron chi connectivity index (χ1n) is 1.06. The molecule has 0 atom stereocenters. The van der Waals surface area contributed by atoms with Crippen LogP contribution < -0.4 is 0 Å². The molecule has 0 amide bonds. The van der Waals surface area contributed by atoms with Crippen LogP contribution in [0.3, 0.4) is 0 Å². The van der Waals surface area contributed by atoms with Gasteiger partial charge in [-0.15, -0.1) is 0 Å². The Morgan fingerprint density at radius 1 is 1.20 bits per heavy atom. The van der Waals surface area contributed by atoms with Gasteiger partial charge in [-0.05, 0) is 0 Å². The Labute approximate surface area is 38.5 Å². The SMILES string of the molecule is C=[C]=[Ru]=[C]=C. The van der Waals surface area contributed by atoms with Gasteiger partial charge in [0.2, 0.25) is 0 Å². The third kappa shape index (κ3) is 3.92. The zero-order valence-corrected chi connectivity index (χ0v) is 4.51. The van der Waals surface area contributed by atoms with Crippen LogP contribution in [0.4, 0.5) is 0 Å². The molecule has 0 N–H and O–H groups in total. The van der Waals surface area contributed by atoms with Gasteiger partial charge in [-0.2, -0.15) is 0 Å². The van der Waals surface area contributed by atoms with Crippen LogP contribution in [0.2, 0.25) is 0 Å². The molecule has 5 heavy (non-hydrogen) atoms. The van der Waals surface area contributed by atoms with Crippen molar-refractivity contribution in [3.63, 3.8) is 0 Å². The van der Waals surface area contributed by atoms with E-state index in [2.05, 4.69) is 21.7 Å². The minimum absolute atomic E-state index is 0.0467. The van der Waals surface area contributed by atoms with Gasteiger partial charge in [-0.3, -0.25) is 0 Å². The Kier molecular flexibility index (Phi) is 3.86. The normalized spacial score (nSPS) is 4.80. The molecule has 0 unspecified atom stereocenters. The maximum atomic E-state index is 3.36. The molecular weight excluding hydrogens is 149 g/mol. The van der Waals surface area contributed by atoms with E-state index in [0.29, 0.717) is 0 Å². The molecule has 0 heterocycles. The molecule has 1 heteroatoms. The molecule has 0 aromatic carbocycles. The van der Waals surface area contributed by atoms with Crippen molar-refractivity contribution in [2.75, 3.05) is 0 Å². The number of hydrogen-bond donors (Lipinski definition) is 0. The number of rotatable bonds is 0. The van der Waals surface area contributed by atoms with Crippen LogP contribution in [-0.4, -0.2) is 8.53 Å². The van der Waals surface area contributed by atoms with E-state index in [-0.39, 0.29) is 16.2 Å². The first kappa shape index (κ1) is 4.92. The van der Waals surface area contributed by atoms with Gasteiger partial charge in [0.15, 0.2) is 0 Å². The standard InChI is InChI=1S/2C2H2.Ru/c2*1-2;/h2*1H2;. The first-order chi connectivity index (χ1) is 2.41. The fraction of sp³-hybridized carbons (Fsp3) is 0. The van der Waals surface area contributed by atoms with E-state index in [0.717, 1.165) is 0 Å². The predicted molar refractivity (Wildman–Crippen MR) is 21.3 cm³/mol. The third-order valence-electron chi connectivity index (χ3n) is 0.125. The molecule has 0 saturated heterocycles. The summed E-state index contributed by atoms with van der Waals surface area (Å²) in [6.45, 7) is 6.73. The van der Waals surface area contributed by atoms with Crippen molar-refractivity contribution >= 4 is 8.53 Å². The van der Waals surface area contributed by atoms with E-state index in [1.54, 1.807) is 0 Å². The first-order valence-corrected chi connectivity index (χ1v) is 2.80. The van der Waals surface area contributed by atoms with Crippen molar-refractivity contribution < 1.29 is 16.2 Å². The molecule has 0 aliphatic carbocycles. The van der Waals surface area contributed by atoms with Crippen LogP contribution in [0, 0.1) is 0 Å². The van der Waals surface area contributed by atoms with Gasteiger partial charge in [0.05, 0.1) is 0 Å². The van der Waals surface area contributed by atoms with Crippen LogP contribution in [0.25, 0.3) is 0 Å². The van der Waals surface area contributed by atoms with Crippen molar-refractivity contribution in [2.45, 2.75) is 0 Å². The Balaban J connectivity index is 4.38. The quantitative estimate of drug-likeness (QED) is 0.437. The van der Waals surface area contributed by atoms with Crippen molar-refractivity contribution in [3.8, 4) is 0 Å². The summed E-state index contributed by atoms with van der Waals surface area (Å²) < 4.78 is 5.37. The summed E-state index contributed by atoms with van der Waals surface area (Å²) >= 11 is 0.0467. The third-order valence-corrected chi connectivity index (χ3v) is 0.740. The summed E-state index contributed by atoms with van der Waals surface area (Å²) in [7, 11) is 0. The molecule has 0 aliphatic rings. The molecule has 0 nitrogen and oxygen atoms in total. The Morgan fingerprint density at radius 3 is 1.60 bits per heavy atom. The molecule has 0 rings (SSSR count). The second-order valence-electron chi connectivity index (χ2n) is 0.338. The topological polar surface area (TPSA) is 0 Å². The Bertz CT molecular complexity index is 95.6. The molecule has 0 aromatic rings. The van der Waals surface area contributed by atoms with Crippen LogP contribution in [0.1, 0.15) is 0 Å². The molecule has 0 bridgehead atoms. The predicted octanol–water partition coefficient (Wildman–Crippen LogP) is 0.243. The van der Waals surface area contributed by atoms with E-state index in [1.807, 2.05) is 0 Å². The second-order valence-corrected chi connectivity index (χ2v) is 2.00. The number of hydrogen-bond acceptors (Lipinski definition) is 0. The molecule has 0 aliphatic heterocycles. The zero-order valence-electron chi connectivity index (χ0n) is 2.77. The van der Waals surface area contributed by atoms with Crippen LogP contribution >= 0.6 is 0 Å². The summed E-state index contributed by atoms with van der Waals surface area (Å²) in [4.78, 5) is 0. The van der Waals surface area contributed by atoms with Crippen LogP contribution in [0.15, 0.2) is 13.2 Å². The minimum atomic E-state index is 0.0467. The van der Waals surface area contributed by atoms with E-state index >= 15 is 0 Å². The second kappa shape index (κ2) is 3.92. The summed E-state index contributed by atoms with van der Waals surface area (Å²) in [5, 5.41) is 0. The monoisotopic (exact) mass is 154 g/mol. The fourth-order valence-corrected chi connectivity index (χ4v) is 0.261. The molecule has 0 saturated carbocycles. The summed E-state index contributed by atoms with van der Waals surface area (Å²) in [5.74, 6) is 0. The van der Waals surface area contributed by atoms with Crippen molar-refractivity contribution in [2.24, 2.45) is 0 Å². The van der Waals surface area contributed by atoms with Gasteiger partial charge in [-0.1, -0.05) is 0 Å². The molecule has 0 spiro atoms. The van der Waals surface area contributed by atoms with Crippen molar-refractivity contribution in [3.05, 3.63) is 13.2 Å². The summed E-state index contributed by atoms with van der Waals surface area (Å²) in [6, 6.07) is 0. The van der Waals surface area contributed by atoms with Gasteiger partial charge < -0.3 is 0 Å². The van der Waals surface area contributed by atoms with Gasteiger partial charge in [0.1, 0.15) is 0 Å². The molecule has 0 radical (unpaired) electrons. The molecule has 28 valence electrons. The van der Waals surface area contributed by atoms with Crippen LogP contribution in [-0.2, 0) is 16.2 Å². The van der Waals surface area contributed by atoms with E-state index < -0.39 is 0 Å². The van der Waals surface area contributed by atoms with Gasteiger partial charge >= 0.3 is 37.9 Å². The van der Waals surface area contributed by atoms with Crippen LogP contribution in [0.5, 0.6) is 0 Å². The summed E-state index contributed by atoms with van der Waals surface area (Å²) in [5.41, 5.74) is 0.